The van der Waals surface area contributed by atoms with Crippen LogP contribution in [0.1, 0.15) is 17.0 Å². The zero-order chi connectivity index (χ0) is 16.9. The lowest BCUT2D eigenvalue weighted by atomic mass is 10.1. The van der Waals surface area contributed by atoms with Crippen LogP contribution in [0.15, 0.2) is 48.7 Å². The van der Waals surface area contributed by atoms with Gasteiger partial charge >= 0.3 is 0 Å². The van der Waals surface area contributed by atoms with E-state index >= 15 is 0 Å². The normalized spacial score (nSPS) is 10.4. The summed E-state index contributed by atoms with van der Waals surface area (Å²) in [6.07, 6.45) is 3.00. The smallest absolute Gasteiger partial charge is 0.159 e. The van der Waals surface area contributed by atoms with Crippen LogP contribution in [-0.2, 0) is 6.54 Å². The second-order valence-corrected chi connectivity index (χ2v) is 5.31. The monoisotopic (exact) mass is 318 g/mol. The summed E-state index contributed by atoms with van der Waals surface area (Å²) in [4.78, 5) is 13.2. The molecule has 24 heavy (non-hydrogen) atoms. The van der Waals surface area contributed by atoms with Crippen molar-refractivity contribution in [1.29, 1.82) is 5.41 Å². The van der Waals surface area contributed by atoms with Crippen molar-refractivity contribution < 1.29 is 0 Å². The van der Waals surface area contributed by atoms with Gasteiger partial charge in [-0.3, -0.25) is 0 Å². The molecule has 0 fully saturated rings. The summed E-state index contributed by atoms with van der Waals surface area (Å²) in [6, 6.07) is 13.2. The van der Waals surface area contributed by atoms with Gasteiger partial charge in [-0.05, 0) is 31.2 Å². The average Bonchev–Trinajstić information content (AvgIpc) is 2.62. The number of anilines is 2. The maximum absolute atomic E-state index is 7.60. The van der Waals surface area contributed by atoms with Crippen molar-refractivity contribution in [3.63, 3.8) is 0 Å². The molecule has 0 aliphatic rings. The van der Waals surface area contributed by atoms with E-state index in [9.17, 15) is 0 Å². The highest BCUT2D eigenvalue weighted by Crippen LogP contribution is 2.25. The van der Waals surface area contributed by atoms with Crippen LogP contribution in [0.4, 0.5) is 11.5 Å². The van der Waals surface area contributed by atoms with Crippen LogP contribution >= 0.6 is 0 Å². The van der Waals surface area contributed by atoms with E-state index in [4.69, 9.17) is 11.1 Å². The van der Waals surface area contributed by atoms with E-state index in [-0.39, 0.29) is 0 Å². The summed E-state index contributed by atoms with van der Waals surface area (Å²) in [6.45, 7) is 2.30. The molecule has 0 saturated carbocycles. The molecule has 0 radical (unpaired) electrons. The molecule has 6 nitrogen and oxygen atoms in total. The summed E-state index contributed by atoms with van der Waals surface area (Å²) in [5.74, 6) is 1.33. The van der Waals surface area contributed by atoms with Crippen LogP contribution in [0.3, 0.4) is 0 Å². The van der Waals surface area contributed by atoms with E-state index in [0.29, 0.717) is 12.4 Å². The quantitative estimate of drug-likeness (QED) is 0.628. The molecule has 0 amide bonds. The zero-order valence-corrected chi connectivity index (χ0v) is 13.3. The highest BCUT2D eigenvalue weighted by Gasteiger charge is 2.08. The van der Waals surface area contributed by atoms with Crippen molar-refractivity contribution in [2.75, 3.05) is 5.32 Å². The van der Waals surface area contributed by atoms with Crippen molar-refractivity contribution in [3.8, 4) is 11.4 Å². The number of aryl methyl sites for hydroxylation is 1. The predicted octanol–water partition coefficient (Wildman–Crippen LogP) is 3.05. The van der Waals surface area contributed by atoms with E-state index in [0.717, 1.165) is 34.0 Å². The van der Waals surface area contributed by atoms with Crippen LogP contribution in [0.2, 0.25) is 0 Å². The molecular weight excluding hydrogens is 300 g/mol. The molecule has 0 aliphatic heterocycles. The van der Waals surface area contributed by atoms with Crippen molar-refractivity contribution in [3.05, 3.63) is 65.6 Å². The highest BCUT2D eigenvalue weighted by atomic mass is 15.0. The molecule has 0 atom stereocenters. The van der Waals surface area contributed by atoms with E-state index in [2.05, 4.69) is 20.3 Å². The van der Waals surface area contributed by atoms with Gasteiger partial charge in [0, 0.05) is 41.5 Å². The molecule has 120 valence electrons. The highest BCUT2D eigenvalue weighted by molar-refractivity contribution is 5.89. The average molecular weight is 318 g/mol. The fourth-order valence-corrected chi connectivity index (χ4v) is 2.33. The molecule has 0 aliphatic carbocycles. The van der Waals surface area contributed by atoms with Gasteiger partial charge in [0.15, 0.2) is 5.82 Å². The summed E-state index contributed by atoms with van der Waals surface area (Å²) in [5, 5.41) is 10.9. The number of rotatable bonds is 5. The lowest BCUT2D eigenvalue weighted by molar-refractivity contribution is 0.969. The Bertz CT molecular complexity index is 875. The van der Waals surface area contributed by atoms with Crippen LogP contribution < -0.4 is 11.1 Å². The summed E-state index contributed by atoms with van der Waals surface area (Å²) in [5.41, 5.74) is 9.75. The van der Waals surface area contributed by atoms with Crippen LogP contribution in [-0.4, -0.2) is 21.2 Å². The first-order valence-corrected chi connectivity index (χ1v) is 7.57. The topological polar surface area (TPSA) is 101 Å². The van der Waals surface area contributed by atoms with Crippen molar-refractivity contribution in [2.45, 2.75) is 13.5 Å². The number of benzene rings is 1. The lowest BCUT2D eigenvalue weighted by Crippen LogP contribution is -2.02. The Kier molecular flexibility index (Phi) is 4.58. The molecule has 3 rings (SSSR count). The maximum Gasteiger partial charge on any atom is 0.159 e. The number of pyridine rings is 1. The molecule has 4 N–H and O–H groups in total. The van der Waals surface area contributed by atoms with Gasteiger partial charge in [0.1, 0.15) is 5.82 Å². The van der Waals surface area contributed by atoms with E-state index in [1.165, 1.54) is 6.21 Å². The number of nitrogens with one attached hydrogen (secondary N) is 2. The molecule has 1 aromatic carbocycles. The van der Waals surface area contributed by atoms with Crippen molar-refractivity contribution >= 4 is 17.7 Å². The number of aromatic nitrogens is 3. The molecule has 0 unspecified atom stereocenters. The van der Waals surface area contributed by atoms with Crippen molar-refractivity contribution in [2.24, 2.45) is 5.73 Å². The molecule has 0 bridgehead atoms. The first kappa shape index (κ1) is 15.8. The SMILES string of the molecule is Cc1cccc(Nc2cc(-c3nccc(CN)n3)ccc2C=N)n1. The Hall–Kier alpha value is -3.12. The zero-order valence-electron chi connectivity index (χ0n) is 13.3. The van der Waals surface area contributed by atoms with Gasteiger partial charge < -0.3 is 16.5 Å². The molecule has 0 spiro atoms. The maximum atomic E-state index is 7.60. The van der Waals surface area contributed by atoms with Gasteiger partial charge in [-0.15, -0.1) is 0 Å². The number of hydrogen-bond acceptors (Lipinski definition) is 6. The van der Waals surface area contributed by atoms with Gasteiger partial charge in [-0.2, -0.15) is 0 Å². The Balaban J connectivity index is 2.00. The summed E-state index contributed by atoms with van der Waals surface area (Å²) < 4.78 is 0. The van der Waals surface area contributed by atoms with Crippen molar-refractivity contribution in [1.82, 2.24) is 15.0 Å². The minimum atomic E-state index is 0.367. The predicted molar refractivity (Wildman–Crippen MR) is 95.5 cm³/mol. The molecule has 0 saturated heterocycles. The molecule has 2 aromatic heterocycles. The second kappa shape index (κ2) is 6.97. The lowest BCUT2D eigenvalue weighted by Gasteiger charge is -2.11. The third-order valence-corrected chi connectivity index (χ3v) is 3.54. The van der Waals surface area contributed by atoms with Gasteiger partial charge in [-0.25, -0.2) is 15.0 Å². The fourth-order valence-electron chi connectivity index (χ4n) is 2.33. The van der Waals surface area contributed by atoms with E-state index in [1.807, 2.05) is 43.3 Å². The Labute approximate surface area is 140 Å². The third-order valence-electron chi connectivity index (χ3n) is 3.54. The van der Waals surface area contributed by atoms with Gasteiger partial charge in [0.2, 0.25) is 0 Å². The second-order valence-electron chi connectivity index (χ2n) is 5.31. The minimum absolute atomic E-state index is 0.367. The minimum Gasteiger partial charge on any atom is -0.340 e. The first-order chi connectivity index (χ1) is 11.7. The Morgan fingerprint density at radius 1 is 1.17 bits per heavy atom. The van der Waals surface area contributed by atoms with Gasteiger partial charge in [0.25, 0.3) is 0 Å². The third kappa shape index (κ3) is 3.44. The van der Waals surface area contributed by atoms with Gasteiger partial charge in [0.05, 0.1) is 5.69 Å². The molecule has 2 heterocycles. The van der Waals surface area contributed by atoms with E-state index in [1.54, 1.807) is 12.3 Å². The van der Waals surface area contributed by atoms with Gasteiger partial charge in [-0.1, -0.05) is 18.2 Å². The number of nitrogens with zero attached hydrogens (tertiary/aromatic N) is 3. The van der Waals surface area contributed by atoms with E-state index < -0.39 is 0 Å². The number of nitrogens with two attached hydrogens (primary N) is 1. The largest absolute Gasteiger partial charge is 0.340 e. The van der Waals surface area contributed by atoms with Crippen LogP contribution in [0.5, 0.6) is 0 Å². The Morgan fingerprint density at radius 2 is 2.04 bits per heavy atom. The molecule has 3 aromatic rings. The molecular formula is C18H18N6. The fraction of sp³-hybridized carbons (Fsp3) is 0.111. The summed E-state index contributed by atoms with van der Waals surface area (Å²) >= 11 is 0. The standard InChI is InChI=1S/C18H18N6/c1-12-3-2-4-17(22-12)24-16-9-13(5-6-14(16)10-19)18-21-8-7-15(11-20)23-18/h2-10,19H,11,20H2,1H3,(H,22,24). The number of hydrogen-bond donors (Lipinski definition) is 3. The van der Waals surface area contributed by atoms with Crippen LogP contribution in [0, 0.1) is 12.3 Å². The first-order valence-electron chi connectivity index (χ1n) is 7.57. The van der Waals surface area contributed by atoms with Crippen LogP contribution in [0.25, 0.3) is 11.4 Å². The molecule has 6 heteroatoms. The summed E-state index contributed by atoms with van der Waals surface area (Å²) in [7, 11) is 0. The Morgan fingerprint density at radius 3 is 2.79 bits per heavy atom.